The minimum Gasteiger partial charge on any atom is -0.388 e. The van der Waals surface area contributed by atoms with Crippen molar-refractivity contribution in [3.63, 3.8) is 0 Å². The first-order valence-electron chi connectivity index (χ1n) is 5.91. The largest absolute Gasteiger partial charge is 0.388 e. The Morgan fingerprint density at radius 2 is 2.22 bits per heavy atom. The van der Waals surface area contributed by atoms with Gasteiger partial charge in [0.05, 0.1) is 10.8 Å². The molecule has 0 unspecified atom stereocenters. The predicted molar refractivity (Wildman–Crippen MR) is 77.5 cm³/mol. The van der Waals surface area contributed by atoms with Crippen molar-refractivity contribution < 1.29 is 4.79 Å². The Kier molecular flexibility index (Phi) is 4.15. The van der Waals surface area contributed by atoms with Gasteiger partial charge in [-0.15, -0.1) is 0 Å². The highest BCUT2D eigenvalue weighted by molar-refractivity contribution is 8.04. The number of nitrogens with zero attached hydrogens (tertiary/aromatic N) is 1. The maximum absolute atomic E-state index is 11.9. The van der Waals surface area contributed by atoms with E-state index in [4.69, 9.17) is 0 Å². The fourth-order valence-corrected chi connectivity index (χ4v) is 2.66. The summed E-state index contributed by atoms with van der Waals surface area (Å²) in [5.74, 6) is 0.860. The van der Waals surface area contributed by atoms with Crippen LogP contribution in [0, 0.1) is 0 Å². The van der Waals surface area contributed by atoms with E-state index in [9.17, 15) is 4.79 Å². The molecule has 1 aliphatic rings. The zero-order valence-corrected chi connectivity index (χ0v) is 11.4. The second kappa shape index (κ2) is 5.82. The first kappa shape index (κ1) is 12.8. The van der Waals surface area contributed by atoms with E-state index < -0.39 is 0 Å². The van der Waals surface area contributed by atoms with Crippen LogP contribution in [0.1, 0.15) is 6.92 Å². The molecule has 1 fully saturated rings. The molecule has 1 amide bonds. The molecule has 1 aromatic rings. The van der Waals surface area contributed by atoms with Crippen LogP contribution in [0.5, 0.6) is 0 Å². The van der Waals surface area contributed by atoms with Crippen molar-refractivity contribution in [1.29, 1.82) is 0 Å². The van der Waals surface area contributed by atoms with Crippen molar-refractivity contribution in [2.75, 3.05) is 30.1 Å². The molecule has 1 aromatic carbocycles. The van der Waals surface area contributed by atoms with Crippen LogP contribution in [0.3, 0.4) is 0 Å². The molecule has 0 saturated carbocycles. The van der Waals surface area contributed by atoms with Crippen LogP contribution >= 0.6 is 11.8 Å². The van der Waals surface area contributed by atoms with Crippen molar-refractivity contribution in [3.05, 3.63) is 35.4 Å². The maximum Gasteiger partial charge on any atom is 0.262 e. The first-order chi connectivity index (χ1) is 8.74. The first-order valence-corrected chi connectivity index (χ1v) is 6.89. The van der Waals surface area contributed by atoms with Gasteiger partial charge >= 0.3 is 0 Å². The van der Waals surface area contributed by atoms with Crippen LogP contribution in [-0.4, -0.2) is 30.3 Å². The van der Waals surface area contributed by atoms with E-state index in [0.29, 0.717) is 0 Å². The zero-order valence-electron chi connectivity index (χ0n) is 10.6. The fraction of sp³-hybridized carbons (Fsp3) is 0.308. The van der Waals surface area contributed by atoms with E-state index in [1.165, 1.54) is 0 Å². The summed E-state index contributed by atoms with van der Waals surface area (Å²) in [6.07, 6.45) is 1.79. The van der Waals surface area contributed by atoms with Crippen molar-refractivity contribution in [2.24, 2.45) is 0 Å². The van der Waals surface area contributed by atoms with Gasteiger partial charge in [0.2, 0.25) is 0 Å². The third-order valence-electron chi connectivity index (χ3n) is 2.78. The van der Waals surface area contributed by atoms with Crippen molar-refractivity contribution >= 4 is 29.0 Å². The third kappa shape index (κ3) is 2.79. The summed E-state index contributed by atoms with van der Waals surface area (Å²) in [6, 6.07) is 7.93. The van der Waals surface area contributed by atoms with Gasteiger partial charge < -0.3 is 15.5 Å². The zero-order chi connectivity index (χ0) is 13.0. The van der Waals surface area contributed by atoms with Gasteiger partial charge in [-0.1, -0.05) is 17.8 Å². The lowest BCUT2D eigenvalue weighted by Gasteiger charge is -2.09. The molecule has 18 heavy (non-hydrogen) atoms. The lowest BCUT2D eigenvalue weighted by molar-refractivity contribution is -0.124. The van der Waals surface area contributed by atoms with Gasteiger partial charge in [-0.25, -0.2) is 0 Å². The van der Waals surface area contributed by atoms with Crippen LogP contribution in [-0.2, 0) is 4.79 Å². The summed E-state index contributed by atoms with van der Waals surface area (Å²) >= 11 is 1.57. The molecule has 0 bridgehead atoms. The Bertz CT molecular complexity index is 473. The summed E-state index contributed by atoms with van der Waals surface area (Å²) in [5.41, 5.74) is 2.01. The Balaban J connectivity index is 2.04. The third-order valence-corrected chi connectivity index (χ3v) is 3.82. The Morgan fingerprint density at radius 3 is 2.89 bits per heavy atom. The maximum atomic E-state index is 11.9. The molecule has 96 valence electrons. The van der Waals surface area contributed by atoms with Gasteiger partial charge in [0.25, 0.3) is 5.91 Å². The number of amides is 1. The van der Waals surface area contributed by atoms with Crippen molar-refractivity contribution in [1.82, 2.24) is 4.90 Å². The molecule has 5 heteroatoms. The van der Waals surface area contributed by atoms with E-state index in [0.717, 1.165) is 28.7 Å². The minimum atomic E-state index is 0.111. The number of nitrogens with one attached hydrogen (secondary N) is 2. The van der Waals surface area contributed by atoms with E-state index in [-0.39, 0.29) is 5.91 Å². The number of anilines is 2. The monoisotopic (exact) mass is 263 g/mol. The van der Waals surface area contributed by atoms with Gasteiger partial charge in [-0.2, -0.15) is 0 Å². The van der Waals surface area contributed by atoms with Gasteiger partial charge in [0.1, 0.15) is 0 Å². The molecule has 0 aromatic heterocycles. The highest BCUT2D eigenvalue weighted by Gasteiger charge is 2.24. The summed E-state index contributed by atoms with van der Waals surface area (Å²) in [4.78, 5) is 14.5. The molecule has 2 rings (SSSR count). The molecular formula is C13H17N3OS. The molecular weight excluding hydrogens is 246 g/mol. The molecule has 0 atom stereocenters. The number of benzene rings is 1. The second-order valence-corrected chi connectivity index (χ2v) is 4.91. The quantitative estimate of drug-likeness (QED) is 0.819. The van der Waals surface area contributed by atoms with Gasteiger partial charge in [0.15, 0.2) is 0 Å². The molecule has 4 nitrogen and oxygen atoms in total. The summed E-state index contributed by atoms with van der Waals surface area (Å²) in [7, 11) is 1.88. The van der Waals surface area contributed by atoms with Crippen molar-refractivity contribution in [2.45, 2.75) is 6.92 Å². The van der Waals surface area contributed by atoms with Crippen LogP contribution in [0.4, 0.5) is 11.4 Å². The second-order valence-electron chi connectivity index (χ2n) is 3.92. The molecule has 1 saturated heterocycles. The summed E-state index contributed by atoms with van der Waals surface area (Å²) in [6.45, 7) is 2.75. The van der Waals surface area contributed by atoms with E-state index >= 15 is 0 Å². The molecule has 0 spiro atoms. The molecule has 2 N–H and O–H groups in total. The van der Waals surface area contributed by atoms with Crippen LogP contribution in [0.15, 0.2) is 35.4 Å². The van der Waals surface area contributed by atoms with Gasteiger partial charge in [0, 0.05) is 31.2 Å². The average Bonchev–Trinajstić information content (AvgIpc) is 2.77. The molecule has 0 aliphatic carbocycles. The molecule has 1 heterocycles. The average molecular weight is 263 g/mol. The SMILES string of the molecule is CCN1CSC(=CNc2cccc(NC)c2)C1=O. The fourth-order valence-electron chi connectivity index (χ4n) is 1.68. The number of carbonyl (C=O) groups excluding carboxylic acids is 1. The standard InChI is InChI=1S/C13H17N3OS/c1-3-16-9-18-12(13(16)17)8-15-11-6-4-5-10(7-11)14-2/h4-8,14-15H,3,9H2,1-2H3. The lowest BCUT2D eigenvalue weighted by atomic mass is 10.3. The minimum absolute atomic E-state index is 0.111. The van der Waals surface area contributed by atoms with E-state index in [2.05, 4.69) is 10.6 Å². The lowest BCUT2D eigenvalue weighted by Crippen LogP contribution is -2.24. The topological polar surface area (TPSA) is 44.4 Å². The smallest absolute Gasteiger partial charge is 0.262 e. The molecule has 1 aliphatic heterocycles. The number of rotatable bonds is 4. The Hall–Kier alpha value is -1.62. The highest BCUT2D eigenvalue weighted by atomic mass is 32.2. The molecule has 0 radical (unpaired) electrons. The number of hydrogen-bond acceptors (Lipinski definition) is 4. The summed E-state index contributed by atoms with van der Waals surface area (Å²) in [5, 5.41) is 6.25. The number of thioether (sulfide) groups is 1. The van der Waals surface area contributed by atoms with Crippen LogP contribution in [0.2, 0.25) is 0 Å². The Labute approximate surface area is 111 Å². The Morgan fingerprint density at radius 1 is 1.44 bits per heavy atom. The van der Waals surface area contributed by atoms with E-state index in [1.54, 1.807) is 18.0 Å². The number of carbonyl (C=O) groups is 1. The predicted octanol–water partition coefficient (Wildman–Crippen LogP) is 2.53. The van der Waals surface area contributed by atoms with Crippen molar-refractivity contribution in [3.8, 4) is 0 Å². The number of likely N-dealkylation sites (N-methyl/N-ethyl adjacent to an activating group) is 1. The number of hydrogen-bond donors (Lipinski definition) is 2. The van der Waals surface area contributed by atoms with Crippen LogP contribution < -0.4 is 10.6 Å². The normalized spacial score (nSPS) is 17.3. The summed E-state index contributed by atoms with van der Waals surface area (Å²) < 4.78 is 0. The highest BCUT2D eigenvalue weighted by Crippen LogP contribution is 2.27. The van der Waals surface area contributed by atoms with E-state index in [1.807, 2.05) is 43.1 Å². The van der Waals surface area contributed by atoms with Gasteiger partial charge in [-0.3, -0.25) is 4.79 Å². The van der Waals surface area contributed by atoms with Gasteiger partial charge in [-0.05, 0) is 25.1 Å². The van der Waals surface area contributed by atoms with Crippen LogP contribution in [0.25, 0.3) is 0 Å².